The molecular formula is C25H30O4. The number of aldehydes is 1. The second kappa shape index (κ2) is 6.82. The van der Waals surface area contributed by atoms with Gasteiger partial charge in [0.05, 0.1) is 25.1 Å². The van der Waals surface area contributed by atoms with Gasteiger partial charge in [0, 0.05) is 23.3 Å². The summed E-state index contributed by atoms with van der Waals surface area (Å²) < 4.78 is 5.64. The molecule has 2 saturated carbocycles. The van der Waals surface area contributed by atoms with Crippen LogP contribution in [0.25, 0.3) is 0 Å². The minimum Gasteiger partial charge on any atom is -0.501 e. The minimum atomic E-state index is -1.01. The van der Waals surface area contributed by atoms with Gasteiger partial charge in [0.2, 0.25) is 0 Å². The van der Waals surface area contributed by atoms with Crippen LogP contribution in [0.4, 0.5) is 0 Å². The van der Waals surface area contributed by atoms with Gasteiger partial charge < -0.3 is 14.9 Å². The molecule has 0 radical (unpaired) electrons. The first-order valence-corrected chi connectivity index (χ1v) is 10.9. The van der Waals surface area contributed by atoms with Crippen molar-refractivity contribution in [3.63, 3.8) is 0 Å². The summed E-state index contributed by atoms with van der Waals surface area (Å²) in [5, 5.41) is 21.5. The lowest BCUT2D eigenvalue weighted by atomic mass is 9.51. The van der Waals surface area contributed by atoms with Gasteiger partial charge in [-0.3, -0.25) is 4.79 Å². The van der Waals surface area contributed by atoms with Crippen LogP contribution in [0.1, 0.15) is 67.3 Å². The highest BCUT2D eigenvalue weighted by Crippen LogP contribution is 2.66. The van der Waals surface area contributed by atoms with E-state index >= 15 is 0 Å². The second-order valence-electron chi connectivity index (χ2n) is 9.64. The summed E-state index contributed by atoms with van der Waals surface area (Å²) in [6, 6.07) is 7.95. The van der Waals surface area contributed by atoms with E-state index in [9.17, 15) is 15.0 Å². The Balaban J connectivity index is 1.67. The van der Waals surface area contributed by atoms with Crippen molar-refractivity contribution >= 4 is 6.29 Å². The minimum absolute atomic E-state index is 0.172. The van der Waals surface area contributed by atoms with Crippen LogP contribution in [0.5, 0.6) is 0 Å². The molecule has 3 aliphatic carbocycles. The molecule has 2 fully saturated rings. The third-order valence-corrected chi connectivity index (χ3v) is 8.53. The van der Waals surface area contributed by atoms with Crippen LogP contribution >= 0.6 is 0 Å². The van der Waals surface area contributed by atoms with Gasteiger partial charge in [0.15, 0.2) is 0 Å². The fourth-order valence-corrected chi connectivity index (χ4v) is 6.90. The van der Waals surface area contributed by atoms with E-state index in [4.69, 9.17) is 4.74 Å². The second-order valence-corrected chi connectivity index (χ2v) is 9.64. The SMILES string of the molecule is C[C@]12C[C@H](c3ccc(C=O)cc3)C3=C4CCOC=C4CCC3C1CC[C@@]2(O)CO. The van der Waals surface area contributed by atoms with E-state index in [1.807, 2.05) is 18.4 Å². The van der Waals surface area contributed by atoms with Gasteiger partial charge in [-0.25, -0.2) is 0 Å². The first-order valence-electron chi connectivity index (χ1n) is 10.9. The van der Waals surface area contributed by atoms with Crippen molar-refractivity contribution in [1.82, 2.24) is 0 Å². The third-order valence-electron chi connectivity index (χ3n) is 8.53. The van der Waals surface area contributed by atoms with Crippen molar-refractivity contribution in [2.24, 2.45) is 17.3 Å². The van der Waals surface area contributed by atoms with Gasteiger partial charge in [-0.05, 0) is 60.6 Å². The van der Waals surface area contributed by atoms with Crippen LogP contribution in [0.2, 0.25) is 0 Å². The Bertz CT molecular complexity index is 883. The molecule has 2 N–H and O–H groups in total. The number of carbonyl (C=O) groups excluding carboxylic acids is 1. The van der Waals surface area contributed by atoms with Crippen LogP contribution in [-0.2, 0) is 4.74 Å². The smallest absolute Gasteiger partial charge is 0.150 e. The van der Waals surface area contributed by atoms with Crippen molar-refractivity contribution in [3.05, 3.63) is 58.4 Å². The molecule has 29 heavy (non-hydrogen) atoms. The summed E-state index contributed by atoms with van der Waals surface area (Å²) in [7, 11) is 0. The number of rotatable bonds is 3. The summed E-state index contributed by atoms with van der Waals surface area (Å²) >= 11 is 0. The molecule has 2 unspecified atom stereocenters. The van der Waals surface area contributed by atoms with Gasteiger partial charge in [-0.1, -0.05) is 36.8 Å². The summed E-state index contributed by atoms with van der Waals surface area (Å²) in [5.74, 6) is 1.04. The Labute approximate surface area is 172 Å². The van der Waals surface area contributed by atoms with Gasteiger partial charge >= 0.3 is 0 Å². The van der Waals surface area contributed by atoms with Crippen molar-refractivity contribution < 1.29 is 19.7 Å². The lowest BCUT2D eigenvalue weighted by Crippen LogP contribution is -2.53. The summed E-state index contributed by atoms with van der Waals surface area (Å²) in [5.41, 5.74) is 4.93. The number of aliphatic hydroxyl groups is 2. The lowest BCUT2D eigenvalue weighted by molar-refractivity contribution is -0.120. The highest BCUT2D eigenvalue weighted by atomic mass is 16.5. The van der Waals surface area contributed by atoms with E-state index in [-0.39, 0.29) is 17.9 Å². The number of allylic oxidation sites excluding steroid dienone is 2. The molecule has 0 spiro atoms. The molecule has 4 nitrogen and oxygen atoms in total. The average Bonchev–Trinajstić information content (AvgIpc) is 3.04. The van der Waals surface area contributed by atoms with Crippen LogP contribution < -0.4 is 0 Å². The van der Waals surface area contributed by atoms with E-state index < -0.39 is 5.60 Å². The number of benzene rings is 1. The van der Waals surface area contributed by atoms with Crippen molar-refractivity contribution in [2.75, 3.05) is 13.2 Å². The Hall–Kier alpha value is -1.91. The largest absolute Gasteiger partial charge is 0.501 e. The quantitative estimate of drug-likeness (QED) is 0.757. The molecule has 5 rings (SSSR count). The number of hydrogen-bond donors (Lipinski definition) is 2. The standard InChI is InChI=1S/C25H30O4/c1-24-12-21(17-4-2-16(13-26)3-5-17)23-19-9-11-29-14-18(19)6-7-20(23)22(24)8-10-25(24,28)15-27/h2-5,13-14,20-22,27-28H,6-12,15H2,1H3/t20?,21-,22?,24+,25-/m1/s1. The van der Waals surface area contributed by atoms with E-state index in [0.717, 1.165) is 45.0 Å². The summed E-state index contributed by atoms with van der Waals surface area (Å²) in [4.78, 5) is 11.1. The summed E-state index contributed by atoms with van der Waals surface area (Å²) in [6.45, 7) is 2.76. The molecule has 4 heteroatoms. The molecule has 0 saturated heterocycles. The predicted molar refractivity (Wildman–Crippen MR) is 110 cm³/mol. The first kappa shape index (κ1) is 19.1. The van der Waals surface area contributed by atoms with Gasteiger partial charge in [0.1, 0.15) is 6.29 Å². The molecule has 1 heterocycles. The van der Waals surface area contributed by atoms with Crippen molar-refractivity contribution in [2.45, 2.75) is 57.0 Å². The van der Waals surface area contributed by atoms with Crippen LogP contribution in [0.3, 0.4) is 0 Å². The van der Waals surface area contributed by atoms with Crippen LogP contribution in [0, 0.1) is 17.3 Å². The number of ether oxygens (including phenoxy) is 1. The maximum Gasteiger partial charge on any atom is 0.150 e. The zero-order valence-corrected chi connectivity index (χ0v) is 17.1. The lowest BCUT2D eigenvalue weighted by Gasteiger charge is -2.54. The van der Waals surface area contributed by atoms with Gasteiger partial charge in [-0.15, -0.1) is 0 Å². The number of aliphatic hydroxyl groups excluding tert-OH is 1. The molecule has 0 bridgehead atoms. The first-order chi connectivity index (χ1) is 14.0. The topological polar surface area (TPSA) is 66.8 Å². The van der Waals surface area contributed by atoms with Crippen LogP contribution in [0.15, 0.2) is 47.2 Å². The third kappa shape index (κ3) is 2.69. The number of carbonyl (C=O) groups is 1. The molecule has 154 valence electrons. The molecule has 4 aliphatic rings. The highest BCUT2D eigenvalue weighted by Gasteiger charge is 2.62. The predicted octanol–water partition coefficient (Wildman–Crippen LogP) is 4.14. The Morgan fingerprint density at radius 2 is 2.00 bits per heavy atom. The Kier molecular flexibility index (Phi) is 4.48. The zero-order chi connectivity index (χ0) is 20.2. The number of hydrogen-bond acceptors (Lipinski definition) is 4. The fourth-order valence-electron chi connectivity index (χ4n) is 6.90. The molecule has 1 aromatic carbocycles. The molecular weight excluding hydrogens is 364 g/mol. The van der Waals surface area contributed by atoms with Crippen molar-refractivity contribution in [3.8, 4) is 0 Å². The van der Waals surface area contributed by atoms with Crippen molar-refractivity contribution in [1.29, 1.82) is 0 Å². The van der Waals surface area contributed by atoms with E-state index in [0.29, 0.717) is 23.8 Å². The Morgan fingerprint density at radius 1 is 1.21 bits per heavy atom. The van der Waals surface area contributed by atoms with E-state index in [1.54, 1.807) is 0 Å². The zero-order valence-electron chi connectivity index (χ0n) is 17.1. The maximum atomic E-state index is 11.4. The summed E-state index contributed by atoms with van der Waals surface area (Å²) in [6.07, 6.45) is 8.39. The molecule has 5 atom stereocenters. The average molecular weight is 395 g/mol. The van der Waals surface area contributed by atoms with Gasteiger partial charge in [0.25, 0.3) is 0 Å². The van der Waals surface area contributed by atoms with E-state index in [1.165, 1.54) is 22.3 Å². The van der Waals surface area contributed by atoms with Crippen LogP contribution in [-0.4, -0.2) is 35.3 Å². The van der Waals surface area contributed by atoms with E-state index in [2.05, 4.69) is 19.1 Å². The van der Waals surface area contributed by atoms with Gasteiger partial charge in [-0.2, -0.15) is 0 Å². The monoisotopic (exact) mass is 394 g/mol. The molecule has 1 aliphatic heterocycles. The Morgan fingerprint density at radius 3 is 2.72 bits per heavy atom. The molecule has 1 aromatic rings. The fraction of sp³-hybridized carbons (Fsp3) is 0.560. The molecule has 0 amide bonds. The maximum absolute atomic E-state index is 11.4. The molecule has 0 aromatic heterocycles. The highest BCUT2D eigenvalue weighted by molar-refractivity contribution is 5.74. The normalized spacial score (nSPS) is 38.4. The number of fused-ring (bicyclic) bond motifs is 4.